The van der Waals surface area contributed by atoms with Crippen molar-refractivity contribution in [3.63, 3.8) is 0 Å². The van der Waals surface area contributed by atoms with Crippen molar-refractivity contribution in [1.82, 2.24) is 0 Å². The van der Waals surface area contributed by atoms with Crippen LogP contribution in [0.2, 0.25) is 0 Å². The fraction of sp³-hybridized carbons (Fsp3) is 0.818. The summed E-state index contributed by atoms with van der Waals surface area (Å²) in [4.78, 5) is 0.416. The maximum Gasteiger partial charge on any atom is 0.0752 e. The topological polar surface area (TPSA) is 0 Å². The summed E-state index contributed by atoms with van der Waals surface area (Å²) >= 11 is 3.53. The first-order valence-corrected chi connectivity index (χ1v) is 5.89. The first-order chi connectivity index (χ1) is 5.83. The molecule has 68 valence electrons. The molecule has 1 rings (SSSR count). The molecule has 12 heavy (non-hydrogen) atoms. The Hall–Kier alpha value is 0.0400. The SMILES string of the molecule is CCC(Br)C#CC1CCCCC1. The lowest BCUT2D eigenvalue weighted by Gasteiger charge is -2.15. The van der Waals surface area contributed by atoms with Crippen LogP contribution in [0.5, 0.6) is 0 Å². The summed E-state index contributed by atoms with van der Waals surface area (Å²) in [7, 11) is 0. The van der Waals surface area contributed by atoms with Gasteiger partial charge in [0.25, 0.3) is 0 Å². The second kappa shape index (κ2) is 5.65. The lowest BCUT2D eigenvalue weighted by molar-refractivity contribution is 0.430. The van der Waals surface area contributed by atoms with Gasteiger partial charge in [0, 0.05) is 5.92 Å². The third-order valence-corrected chi connectivity index (χ3v) is 3.28. The molecule has 0 N–H and O–H groups in total. The van der Waals surface area contributed by atoms with Gasteiger partial charge in [0.2, 0.25) is 0 Å². The van der Waals surface area contributed by atoms with Crippen molar-refractivity contribution in [2.75, 3.05) is 0 Å². The highest BCUT2D eigenvalue weighted by atomic mass is 79.9. The second-order valence-corrected chi connectivity index (χ2v) is 4.60. The largest absolute Gasteiger partial charge is 0.0987 e. The molecule has 0 saturated heterocycles. The molecule has 0 heterocycles. The molecular formula is C11H17Br. The van der Waals surface area contributed by atoms with E-state index in [1.54, 1.807) is 0 Å². The smallest absolute Gasteiger partial charge is 0.0752 e. The van der Waals surface area contributed by atoms with E-state index in [2.05, 4.69) is 34.7 Å². The van der Waals surface area contributed by atoms with Crippen LogP contribution in [0.3, 0.4) is 0 Å². The van der Waals surface area contributed by atoms with E-state index in [-0.39, 0.29) is 0 Å². The normalized spacial score (nSPS) is 21.2. The van der Waals surface area contributed by atoms with Gasteiger partial charge >= 0.3 is 0 Å². The zero-order valence-corrected chi connectivity index (χ0v) is 9.36. The van der Waals surface area contributed by atoms with E-state index in [0.717, 1.165) is 6.42 Å². The number of halogens is 1. The lowest BCUT2D eigenvalue weighted by atomic mass is 9.90. The fourth-order valence-corrected chi connectivity index (χ4v) is 1.69. The van der Waals surface area contributed by atoms with Gasteiger partial charge in [0.05, 0.1) is 4.83 Å². The van der Waals surface area contributed by atoms with Crippen molar-refractivity contribution in [3.8, 4) is 11.8 Å². The molecule has 1 heteroatoms. The van der Waals surface area contributed by atoms with Gasteiger partial charge in [0.15, 0.2) is 0 Å². The van der Waals surface area contributed by atoms with Crippen molar-refractivity contribution < 1.29 is 0 Å². The summed E-state index contributed by atoms with van der Waals surface area (Å²) in [6.07, 6.45) is 7.97. The van der Waals surface area contributed by atoms with Crippen LogP contribution in [0.15, 0.2) is 0 Å². The van der Waals surface area contributed by atoms with Gasteiger partial charge in [-0.15, -0.1) is 0 Å². The van der Waals surface area contributed by atoms with Gasteiger partial charge in [-0.05, 0) is 19.3 Å². The van der Waals surface area contributed by atoms with E-state index >= 15 is 0 Å². The monoisotopic (exact) mass is 228 g/mol. The van der Waals surface area contributed by atoms with E-state index in [4.69, 9.17) is 0 Å². The molecule has 0 amide bonds. The number of hydrogen-bond acceptors (Lipinski definition) is 0. The summed E-state index contributed by atoms with van der Waals surface area (Å²) in [5.41, 5.74) is 0. The van der Waals surface area contributed by atoms with Crippen LogP contribution in [0.25, 0.3) is 0 Å². The highest BCUT2D eigenvalue weighted by molar-refractivity contribution is 9.09. The van der Waals surface area contributed by atoms with Crippen LogP contribution in [0.4, 0.5) is 0 Å². The molecule has 0 aromatic rings. The molecule has 1 saturated carbocycles. The molecule has 1 aliphatic rings. The maximum atomic E-state index is 3.53. The molecule has 1 aliphatic carbocycles. The third kappa shape index (κ3) is 3.63. The molecular weight excluding hydrogens is 212 g/mol. The van der Waals surface area contributed by atoms with Crippen molar-refractivity contribution in [3.05, 3.63) is 0 Å². The highest BCUT2D eigenvalue weighted by Gasteiger charge is 2.09. The fourth-order valence-electron chi connectivity index (χ4n) is 1.56. The molecule has 1 atom stereocenters. The number of rotatable bonds is 1. The lowest BCUT2D eigenvalue weighted by Crippen LogP contribution is -2.03. The van der Waals surface area contributed by atoms with E-state index in [9.17, 15) is 0 Å². The molecule has 1 fully saturated rings. The first kappa shape index (κ1) is 10.1. The van der Waals surface area contributed by atoms with Crippen LogP contribution < -0.4 is 0 Å². The van der Waals surface area contributed by atoms with Crippen molar-refractivity contribution in [2.45, 2.75) is 50.3 Å². The summed E-state index contributed by atoms with van der Waals surface area (Å²) in [6.45, 7) is 2.16. The summed E-state index contributed by atoms with van der Waals surface area (Å²) in [5.74, 6) is 7.34. The van der Waals surface area contributed by atoms with Gasteiger partial charge in [-0.3, -0.25) is 0 Å². The predicted molar refractivity (Wildman–Crippen MR) is 57.4 cm³/mol. The van der Waals surface area contributed by atoms with Crippen LogP contribution in [0, 0.1) is 17.8 Å². The van der Waals surface area contributed by atoms with Crippen molar-refractivity contribution in [1.29, 1.82) is 0 Å². The minimum atomic E-state index is 0.416. The Morgan fingerprint density at radius 3 is 2.58 bits per heavy atom. The van der Waals surface area contributed by atoms with E-state index in [1.807, 2.05) is 0 Å². The van der Waals surface area contributed by atoms with Gasteiger partial charge in [0.1, 0.15) is 0 Å². The van der Waals surface area contributed by atoms with Crippen molar-refractivity contribution in [2.24, 2.45) is 5.92 Å². The molecule has 0 spiro atoms. The number of hydrogen-bond donors (Lipinski definition) is 0. The van der Waals surface area contributed by atoms with Crippen LogP contribution in [-0.4, -0.2) is 4.83 Å². The zero-order chi connectivity index (χ0) is 8.81. The Morgan fingerprint density at radius 2 is 2.00 bits per heavy atom. The van der Waals surface area contributed by atoms with Gasteiger partial charge in [-0.25, -0.2) is 0 Å². The molecule has 0 aliphatic heterocycles. The van der Waals surface area contributed by atoms with Crippen LogP contribution in [-0.2, 0) is 0 Å². The van der Waals surface area contributed by atoms with Gasteiger partial charge in [-0.2, -0.15) is 0 Å². The Kier molecular flexibility index (Phi) is 4.76. The molecule has 0 bridgehead atoms. The van der Waals surface area contributed by atoms with Crippen LogP contribution >= 0.6 is 15.9 Å². The Morgan fingerprint density at radius 1 is 1.33 bits per heavy atom. The van der Waals surface area contributed by atoms with Crippen molar-refractivity contribution >= 4 is 15.9 Å². The summed E-state index contributed by atoms with van der Waals surface area (Å²) in [5, 5.41) is 0. The van der Waals surface area contributed by atoms with E-state index in [0.29, 0.717) is 10.7 Å². The molecule has 1 unspecified atom stereocenters. The van der Waals surface area contributed by atoms with Crippen LogP contribution in [0.1, 0.15) is 45.4 Å². The number of alkyl halides is 1. The Balaban J connectivity index is 2.30. The second-order valence-electron chi connectivity index (χ2n) is 3.50. The van der Waals surface area contributed by atoms with E-state index in [1.165, 1.54) is 32.1 Å². The quantitative estimate of drug-likeness (QED) is 0.474. The standard InChI is InChI=1S/C11H17Br/c1-2-11(12)9-8-10-6-4-3-5-7-10/h10-11H,2-7H2,1H3. The average molecular weight is 229 g/mol. The Labute approximate surface area is 84.2 Å². The summed E-state index contributed by atoms with van der Waals surface area (Å²) < 4.78 is 0. The summed E-state index contributed by atoms with van der Waals surface area (Å²) in [6, 6.07) is 0. The van der Waals surface area contributed by atoms with Gasteiger partial charge in [-0.1, -0.05) is 54.0 Å². The van der Waals surface area contributed by atoms with Gasteiger partial charge < -0.3 is 0 Å². The average Bonchev–Trinajstić information content (AvgIpc) is 2.16. The highest BCUT2D eigenvalue weighted by Crippen LogP contribution is 2.22. The maximum absolute atomic E-state index is 3.53. The molecule has 0 aromatic carbocycles. The molecule has 0 nitrogen and oxygen atoms in total. The Bertz CT molecular complexity index is 169. The third-order valence-electron chi connectivity index (χ3n) is 2.41. The van der Waals surface area contributed by atoms with E-state index < -0.39 is 0 Å². The minimum Gasteiger partial charge on any atom is -0.0987 e. The molecule has 0 aromatic heterocycles. The minimum absolute atomic E-state index is 0.416. The first-order valence-electron chi connectivity index (χ1n) is 4.98. The predicted octanol–water partition coefficient (Wildman–Crippen LogP) is 3.74. The molecule has 0 radical (unpaired) electrons. The zero-order valence-electron chi connectivity index (χ0n) is 7.78.